The first-order valence-corrected chi connectivity index (χ1v) is 8.64. The summed E-state index contributed by atoms with van der Waals surface area (Å²) in [6, 6.07) is 1.39. The van der Waals surface area contributed by atoms with Gasteiger partial charge < -0.3 is 19.9 Å². The Bertz CT molecular complexity index is 875. The highest BCUT2D eigenvalue weighted by Gasteiger charge is 2.18. The zero-order valence-corrected chi connectivity index (χ0v) is 15.7. The van der Waals surface area contributed by atoms with Crippen LogP contribution in [-0.4, -0.2) is 65.8 Å². The predicted octanol–water partition coefficient (Wildman–Crippen LogP) is -0.117. The van der Waals surface area contributed by atoms with Crippen LogP contribution in [0.5, 0.6) is 0 Å². The van der Waals surface area contributed by atoms with Crippen LogP contribution in [0.2, 0.25) is 0 Å². The number of aryl methyl sites for hydroxylation is 1. The maximum absolute atomic E-state index is 12.4. The summed E-state index contributed by atoms with van der Waals surface area (Å²) < 4.78 is 6.60. The van der Waals surface area contributed by atoms with E-state index in [-0.39, 0.29) is 18.0 Å². The second-order valence-electron chi connectivity index (χ2n) is 6.45. The molecule has 1 aliphatic rings. The number of ether oxygens (including phenoxy) is 1. The maximum Gasteiger partial charge on any atom is 0.253 e. The average molecular weight is 373 g/mol. The summed E-state index contributed by atoms with van der Waals surface area (Å²) in [7, 11) is 3.69. The molecule has 10 heteroatoms. The number of hydrogen-bond donors (Lipinski definition) is 1. The van der Waals surface area contributed by atoms with Gasteiger partial charge in [-0.2, -0.15) is 4.98 Å². The lowest BCUT2D eigenvalue weighted by atomic mass is 10.4. The number of nitrogens with zero attached hydrogens (tertiary/aromatic N) is 6. The number of rotatable bonds is 5. The van der Waals surface area contributed by atoms with Gasteiger partial charge in [-0.25, -0.2) is 9.97 Å². The van der Waals surface area contributed by atoms with Gasteiger partial charge in [0.05, 0.1) is 25.7 Å². The molecule has 1 aliphatic heterocycles. The van der Waals surface area contributed by atoms with E-state index in [0.717, 1.165) is 13.1 Å². The summed E-state index contributed by atoms with van der Waals surface area (Å²) in [5.74, 6) is 0.835. The third-order valence-electron chi connectivity index (χ3n) is 4.08. The van der Waals surface area contributed by atoms with E-state index in [4.69, 9.17) is 4.74 Å². The van der Waals surface area contributed by atoms with Crippen molar-refractivity contribution in [3.8, 4) is 0 Å². The Morgan fingerprint density at radius 2 is 2.04 bits per heavy atom. The molecule has 3 heterocycles. The van der Waals surface area contributed by atoms with Gasteiger partial charge in [0.15, 0.2) is 5.82 Å². The SMILES string of the molecule is Cc1cc(=O)n(CC(=O)Nc2cnc(N3CCOCC3)nc2N(C)C)cn1. The monoisotopic (exact) mass is 373 g/mol. The second kappa shape index (κ2) is 8.12. The van der Waals surface area contributed by atoms with E-state index in [2.05, 4.69) is 20.3 Å². The van der Waals surface area contributed by atoms with Gasteiger partial charge in [0.1, 0.15) is 12.2 Å². The molecule has 0 saturated carbocycles. The molecule has 0 atom stereocenters. The van der Waals surface area contributed by atoms with Crippen molar-refractivity contribution in [1.29, 1.82) is 0 Å². The average Bonchev–Trinajstić information content (AvgIpc) is 2.65. The van der Waals surface area contributed by atoms with Gasteiger partial charge in [-0.05, 0) is 6.92 Å². The summed E-state index contributed by atoms with van der Waals surface area (Å²) >= 11 is 0. The van der Waals surface area contributed by atoms with E-state index >= 15 is 0 Å². The first kappa shape index (κ1) is 18.8. The topological polar surface area (TPSA) is 105 Å². The van der Waals surface area contributed by atoms with Crippen LogP contribution in [0.1, 0.15) is 5.69 Å². The maximum atomic E-state index is 12.4. The molecule has 1 amide bonds. The molecule has 1 N–H and O–H groups in total. The highest BCUT2D eigenvalue weighted by molar-refractivity contribution is 5.93. The Hall–Kier alpha value is -3.01. The van der Waals surface area contributed by atoms with Gasteiger partial charge in [0.2, 0.25) is 11.9 Å². The molecule has 1 saturated heterocycles. The quantitative estimate of drug-likeness (QED) is 0.774. The molecule has 2 aromatic heterocycles. The minimum absolute atomic E-state index is 0.135. The Morgan fingerprint density at radius 1 is 1.30 bits per heavy atom. The van der Waals surface area contributed by atoms with Gasteiger partial charge >= 0.3 is 0 Å². The molecule has 1 fully saturated rings. The van der Waals surface area contributed by atoms with E-state index < -0.39 is 0 Å². The molecule has 0 aromatic carbocycles. The van der Waals surface area contributed by atoms with Crippen LogP contribution in [0.3, 0.4) is 0 Å². The second-order valence-corrected chi connectivity index (χ2v) is 6.45. The molecule has 0 unspecified atom stereocenters. The van der Waals surface area contributed by atoms with Crippen LogP contribution in [0.15, 0.2) is 23.4 Å². The molecule has 10 nitrogen and oxygen atoms in total. The molecular weight excluding hydrogens is 350 g/mol. The highest BCUT2D eigenvalue weighted by atomic mass is 16.5. The third-order valence-corrected chi connectivity index (χ3v) is 4.08. The first-order chi connectivity index (χ1) is 12.9. The summed E-state index contributed by atoms with van der Waals surface area (Å²) in [5.41, 5.74) is 0.818. The number of amides is 1. The number of carbonyl (C=O) groups is 1. The minimum atomic E-state index is -0.353. The van der Waals surface area contributed by atoms with Crippen molar-refractivity contribution in [2.24, 2.45) is 0 Å². The number of carbonyl (C=O) groups excluding carboxylic acids is 1. The number of anilines is 3. The van der Waals surface area contributed by atoms with Crippen molar-refractivity contribution < 1.29 is 9.53 Å². The van der Waals surface area contributed by atoms with Crippen molar-refractivity contribution in [3.63, 3.8) is 0 Å². The van der Waals surface area contributed by atoms with E-state index in [0.29, 0.717) is 36.4 Å². The Morgan fingerprint density at radius 3 is 2.70 bits per heavy atom. The molecule has 144 valence electrons. The fraction of sp³-hybridized carbons (Fsp3) is 0.471. The van der Waals surface area contributed by atoms with Crippen molar-refractivity contribution in [3.05, 3.63) is 34.6 Å². The van der Waals surface area contributed by atoms with E-state index in [1.165, 1.54) is 17.0 Å². The Labute approximate surface area is 156 Å². The third kappa shape index (κ3) is 4.59. The Kier molecular flexibility index (Phi) is 5.65. The lowest BCUT2D eigenvalue weighted by molar-refractivity contribution is -0.116. The molecular formula is C17H23N7O3. The Balaban J connectivity index is 1.76. The van der Waals surface area contributed by atoms with Crippen molar-refractivity contribution in [2.45, 2.75) is 13.5 Å². The van der Waals surface area contributed by atoms with Crippen molar-refractivity contribution in [2.75, 3.05) is 55.5 Å². The van der Waals surface area contributed by atoms with E-state index in [9.17, 15) is 9.59 Å². The highest BCUT2D eigenvalue weighted by Crippen LogP contribution is 2.24. The van der Waals surface area contributed by atoms with Gasteiger partial charge in [0.25, 0.3) is 5.56 Å². The lowest BCUT2D eigenvalue weighted by Crippen LogP contribution is -2.37. The van der Waals surface area contributed by atoms with Crippen LogP contribution in [0.25, 0.3) is 0 Å². The number of nitrogens with one attached hydrogen (secondary N) is 1. The molecule has 0 spiro atoms. The van der Waals surface area contributed by atoms with Gasteiger partial charge in [-0.3, -0.25) is 14.2 Å². The molecule has 0 bridgehead atoms. The minimum Gasteiger partial charge on any atom is -0.378 e. The molecule has 2 aromatic rings. The largest absolute Gasteiger partial charge is 0.378 e. The zero-order valence-electron chi connectivity index (χ0n) is 15.7. The first-order valence-electron chi connectivity index (χ1n) is 8.64. The summed E-state index contributed by atoms with van der Waals surface area (Å²) in [5, 5.41) is 2.78. The van der Waals surface area contributed by atoms with E-state index in [1.807, 2.05) is 19.0 Å². The van der Waals surface area contributed by atoms with Gasteiger partial charge in [-0.15, -0.1) is 0 Å². The predicted molar refractivity (Wildman–Crippen MR) is 101 cm³/mol. The van der Waals surface area contributed by atoms with Gasteiger partial charge in [-0.1, -0.05) is 0 Å². The number of hydrogen-bond acceptors (Lipinski definition) is 8. The fourth-order valence-electron chi connectivity index (χ4n) is 2.69. The van der Waals surface area contributed by atoms with Crippen LogP contribution in [-0.2, 0) is 16.1 Å². The molecule has 0 aliphatic carbocycles. The summed E-state index contributed by atoms with van der Waals surface area (Å²) in [6.45, 7) is 4.31. The standard InChI is InChI=1S/C17H23N7O3/c1-12-8-15(26)24(11-19-12)10-14(25)20-13-9-18-17(21-16(13)22(2)3)23-4-6-27-7-5-23/h8-9,11H,4-7,10H2,1-3H3,(H,20,25). The summed E-state index contributed by atoms with van der Waals surface area (Å²) in [4.78, 5) is 41.1. The van der Waals surface area contributed by atoms with Crippen LogP contribution >= 0.6 is 0 Å². The van der Waals surface area contributed by atoms with Crippen LogP contribution in [0.4, 0.5) is 17.5 Å². The number of morpholine rings is 1. The van der Waals surface area contributed by atoms with Crippen molar-refractivity contribution in [1.82, 2.24) is 19.5 Å². The summed E-state index contributed by atoms with van der Waals surface area (Å²) in [6.07, 6.45) is 2.95. The fourth-order valence-corrected chi connectivity index (χ4v) is 2.69. The lowest BCUT2D eigenvalue weighted by Gasteiger charge is -2.28. The van der Waals surface area contributed by atoms with Gasteiger partial charge in [0, 0.05) is 38.9 Å². The van der Waals surface area contributed by atoms with Crippen LogP contribution < -0.4 is 20.7 Å². The normalized spacial score (nSPS) is 14.1. The van der Waals surface area contributed by atoms with Crippen LogP contribution in [0, 0.1) is 6.92 Å². The molecule has 27 heavy (non-hydrogen) atoms. The molecule has 0 radical (unpaired) electrons. The molecule has 3 rings (SSSR count). The van der Waals surface area contributed by atoms with Crippen molar-refractivity contribution >= 4 is 23.4 Å². The van der Waals surface area contributed by atoms with E-state index in [1.54, 1.807) is 18.0 Å². The smallest absolute Gasteiger partial charge is 0.253 e. The zero-order chi connectivity index (χ0) is 19.4. The number of aromatic nitrogens is 4.